The summed E-state index contributed by atoms with van der Waals surface area (Å²) in [7, 11) is 0. The molecule has 2 aromatic heterocycles. The second kappa shape index (κ2) is 11.2. The van der Waals surface area contributed by atoms with Gasteiger partial charge < -0.3 is 20.1 Å². The lowest BCUT2D eigenvalue weighted by Crippen LogP contribution is -2.33. The predicted octanol–water partition coefficient (Wildman–Crippen LogP) is 5.94. The third-order valence-corrected chi connectivity index (χ3v) is 7.62. The van der Waals surface area contributed by atoms with E-state index in [9.17, 15) is 14.9 Å². The Morgan fingerprint density at radius 1 is 0.976 bits per heavy atom. The molecule has 1 saturated heterocycles. The molecule has 41 heavy (non-hydrogen) atoms. The highest BCUT2D eigenvalue weighted by Gasteiger charge is 2.41. The summed E-state index contributed by atoms with van der Waals surface area (Å²) in [6.07, 6.45) is 3.88. The monoisotopic (exact) mass is 562 g/mol. The Hall–Kier alpha value is -5.09. The number of nitro benzene ring substituents is 1. The topological polar surface area (TPSA) is 105 Å². The number of nitro groups is 1. The standard InChI is InChI=1S/C31H26N6O3S/c38-28(33-25-11-5-8-21-7-1-2-9-24(21)25)17-20-36-30(29(34-31(36)41)26-10-3-4-18-32-26)27-12-6-19-35(27)22-13-15-23(16-14-22)37(39)40/h1-16,18-19,29-30H,17,20H2,(H,33,38)(H,34,41)/t29-,30-/m0/s1. The average Bonchev–Trinajstić information content (AvgIpc) is 3.61. The number of anilines is 1. The van der Waals surface area contributed by atoms with Crippen molar-refractivity contribution in [3.8, 4) is 5.69 Å². The zero-order valence-electron chi connectivity index (χ0n) is 21.9. The molecule has 2 atom stereocenters. The molecule has 1 fully saturated rings. The summed E-state index contributed by atoms with van der Waals surface area (Å²) in [5.41, 5.74) is 3.30. The molecule has 0 saturated carbocycles. The van der Waals surface area contributed by atoms with Crippen LogP contribution >= 0.6 is 12.2 Å². The highest BCUT2D eigenvalue weighted by atomic mass is 32.1. The highest BCUT2D eigenvalue weighted by Crippen LogP contribution is 2.39. The van der Waals surface area contributed by atoms with Gasteiger partial charge in [-0.3, -0.25) is 19.9 Å². The predicted molar refractivity (Wildman–Crippen MR) is 162 cm³/mol. The number of hydrogen-bond acceptors (Lipinski definition) is 5. The van der Waals surface area contributed by atoms with Crippen LogP contribution in [-0.2, 0) is 4.79 Å². The molecule has 0 radical (unpaired) electrons. The molecule has 204 valence electrons. The van der Waals surface area contributed by atoms with Crippen molar-refractivity contribution in [1.29, 1.82) is 0 Å². The number of non-ortho nitro benzene ring substituents is 1. The van der Waals surface area contributed by atoms with Gasteiger partial charge in [-0.15, -0.1) is 0 Å². The van der Waals surface area contributed by atoms with Crippen LogP contribution in [-0.4, -0.2) is 36.9 Å². The number of carbonyl (C=O) groups is 1. The van der Waals surface area contributed by atoms with Crippen LogP contribution in [0.4, 0.5) is 11.4 Å². The van der Waals surface area contributed by atoms with E-state index in [-0.39, 0.29) is 30.1 Å². The average molecular weight is 563 g/mol. The molecule has 9 nitrogen and oxygen atoms in total. The van der Waals surface area contributed by atoms with E-state index in [2.05, 4.69) is 15.6 Å². The fraction of sp³-hybridized carbons (Fsp3) is 0.129. The van der Waals surface area contributed by atoms with E-state index in [4.69, 9.17) is 12.2 Å². The van der Waals surface area contributed by atoms with Gasteiger partial charge in [-0.2, -0.15) is 0 Å². The number of rotatable bonds is 8. The number of hydrogen-bond donors (Lipinski definition) is 2. The van der Waals surface area contributed by atoms with Crippen LogP contribution in [0.3, 0.4) is 0 Å². The third kappa shape index (κ3) is 5.24. The number of amides is 1. The van der Waals surface area contributed by atoms with E-state index in [1.54, 1.807) is 18.3 Å². The van der Waals surface area contributed by atoms with Crippen molar-refractivity contribution in [2.45, 2.75) is 18.5 Å². The maximum Gasteiger partial charge on any atom is 0.269 e. The van der Waals surface area contributed by atoms with E-state index in [1.807, 2.05) is 88.5 Å². The first-order valence-corrected chi connectivity index (χ1v) is 13.6. The summed E-state index contributed by atoms with van der Waals surface area (Å²) in [6.45, 7) is 0.377. The molecular weight excluding hydrogens is 536 g/mol. The fourth-order valence-corrected chi connectivity index (χ4v) is 5.67. The van der Waals surface area contributed by atoms with E-state index in [0.717, 1.165) is 33.5 Å². The summed E-state index contributed by atoms with van der Waals surface area (Å²) in [5.74, 6) is -0.116. The van der Waals surface area contributed by atoms with E-state index in [0.29, 0.717) is 11.7 Å². The first-order valence-electron chi connectivity index (χ1n) is 13.2. The van der Waals surface area contributed by atoms with Crippen molar-refractivity contribution in [3.63, 3.8) is 0 Å². The highest BCUT2D eigenvalue weighted by molar-refractivity contribution is 7.80. The van der Waals surface area contributed by atoms with Crippen molar-refractivity contribution < 1.29 is 9.72 Å². The summed E-state index contributed by atoms with van der Waals surface area (Å²) in [5, 5.41) is 20.2. The van der Waals surface area contributed by atoms with Gasteiger partial charge in [-0.25, -0.2) is 0 Å². The van der Waals surface area contributed by atoms with Crippen molar-refractivity contribution >= 4 is 45.4 Å². The van der Waals surface area contributed by atoms with Crippen LogP contribution in [0.5, 0.6) is 0 Å². The van der Waals surface area contributed by atoms with Gasteiger partial charge in [0.2, 0.25) is 5.91 Å². The Kier molecular flexibility index (Phi) is 7.13. The molecule has 10 heteroatoms. The van der Waals surface area contributed by atoms with Crippen molar-refractivity contribution in [1.82, 2.24) is 19.8 Å². The molecule has 1 aliphatic rings. The summed E-state index contributed by atoms with van der Waals surface area (Å²) >= 11 is 5.79. The number of carbonyl (C=O) groups excluding carboxylic acids is 1. The van der Waals surface area contributed by atoms with E-state index < -0.39 is 4.92 Å². The largest absolute Gasteiger partial charge is 0.352 e. The fourth-order valence-electron chi connectivity index (χ4n) is 5.34. The first-order chi connectivity index (χ1) is 20.0. The van der Waals surface area contributed by atoms with Gasteiger partial charge in [-0.05, 0) is 60.1 Å². The lowest BCUT2D eigenvalue weighted by Gasteiger charge is -2.29. The minimum absolute atomic E-state index is 0.0244. The number of fused-ring (bicyclic) bond motifs is 1. The van der Waals surface area contributed by atoms with Gasteiger partial charge in [0.05, 0.1) is 22.7 Å². The van der Waals surface area contributed by atoms with Crippen LogP contribution < -0.4 is 10.6 Å². The lowest BCUT2D eigenvalue weighted by atomic mass is 10.0. The molecule has 0 aliphatic carbocycles. The molecular formula is C31H26N6O3S. The van der Waals surface area contributed by atoms with E-state index >= 15 is 0 Å². The van der Waals surface area contributed by atoms with Crippen LogP contribution in [0.1, 0.15) is 29.9 Å². The molecule has 0 unspecified atom stereocenters. The van der Waals surface area contributed by atoms with Gasteiger partial charge >= 0.3 is 0 Å². The second-order valence-corrected chi connectivity index (χ2v) is 10.1. The number of aromatic nitrogens is 2. The lowest BCUT2D eigenvalue weighted by molar-refractivity contribution is -0.384. The summed E-state index contributed by atoms with van der Waals surface area (Å²) in [6, 6.07) is 29.3. The molecule has 0 bridgehead atoms. The summed E-state index contributed by atoms with van der Waals surface area (Å²) < 4.78 is 1.99. The molecule has 5 aromatic rings. The smallest absolute Gasteiger partial charge is 0.269 e. The third-order valence-electron chi connectivity index (χ3n) is 7.26. The Bertz CT molecular complexity index is 1730. The number of pyridine rings is 1. The molecule has 0 spiro atoms. The molecule has 6 rings (SSSR count). The normalized spacial score (nSPS) is 16.5. The van der Waals surface area contributed by atoms with Gasteiger partial charge in [0.1, 0.15) is 0 Å². The van der Waals surface area contributed by atoms with Gasteiger partial charge in [-0.1, -0.05) is 42.5 Å². The second-order valence-electron chi connectivity index (χ2n) is 9.72. The number of thiocarbonyl (C=S) groups is 1. The number of benzene rings is 3. The van der Waals surface area contributed by atoms with Crippen LogP contribution in [0.15, 0.2) is 109 Å². The zero-order valence-corrected chi connectivity index (χ0v) is 22.7. The minimum Gasteiger partial charge on any atom is -0.352 e. The number of nitrogens with one attached hydrogen (secondary N) is 2. The van der Waals surface area contributed by atoms with Crippen LogP contribution in [0.25, 0.3) is 16.5 Å². The van der Waals surface area contributed by atoms with Crippen LogP contribution in [0, 0.1) is 10.1 Å². The molecule has 3 aromatic carbocycles. The van der Waals surface area contributed by atoms with Gasteiger partial charge in [0, 0.05) is 59.9 Å². The molecule has 3 heterocycles. The van der Waals surface area contributed by atoms with Gasteiger partial charge in [0.25, 0.3) is 5.69 Å². The van der Waals surface area contributed by atoms with Crippen molar-refractivity contribution in [2.75, 3.05) is 11.9 Å². The van der Waals surface area contributed by atoms with Crippen molar-refractivity contribution in [3.05, 3.63) is 131 Å². The Labute approximate surface area is 241 Å². The Balaban J connectivity index is 1.29. The summed E-state index contributed by atoms with van der Waals surface area (Å²) in [4.78, 5) is 30.6. The first kappa shape index (κ1) is 26.1. The minimum atomic E-state index is -0.415. The van der Waals surface area contributed by atoms with Crippen LogP contribution in [0.2, 0.25) is 0 Å². The maximum absolute atomic E-state index is 13.2. The Morgan fingerprint density at radius 3 is 2.54 bits per heavy atom. The van der Waals surface area contributed by atoms with Crippen molar-refractivity contribution in [2.24, 2.45) is 0 Å². The molecule has 2 N–H and O–H groups in total. The quantitative estimate of drug-likeness (QED) is 0.137. The van der Waals surface area contributed by atoms with E-state index in [1.165, 1.54) is 12.1 Å². The zero-order chi connectivity index (χ0) is 28.3. The number of nitrogens with zero attached hydrogens (tertiary/aromatic N) is 4. The Morgan fingerprint density at radius 2 is 1.76 bits per heavy atom. The molecule has 1 aliphatic heterocycles. The van der Waals surface area contributed by atoms with Gasteiger partial charge in [0.15, 0.2) is 5.11 Å². The maximum atomic E-state index is 13.2. The molecule has 1 amide bonds. The SMILES string of the molecule is O=C(CCN1C(=S)N[C@@H](c2ccccn2)[C@@H]1c1cccn1-c1ccc([N+](=O)[O-])cc1)Nc1cccc2ccccc12.